The number of nitrogens with one attached hydrogen (secondary N) is 1. The number of rotatable bonds is 4. The molecule has 0 atom stereocenters. The summed E-state index contributed by atoms with van der Waals surface area (Å²) < 4.78 is 18.1. The minimum atomic E-state index is -0.744. The molecule has 2 rings (SSSR count). The van der Waals surface area contributed by atoms with E-state index >= 15 is 0 Å². The van der Waals surface area contributed by atoms with Crippen molar-refractivity contribution in [2.75, 3.05) is 11.9 Å². The van der Waals surface area contributed by atoms with Crippen molar-refractivity contribution in [3.05, 3.63) is 63.9 Å². The molecule has 0 aliphatic carbocycles. The molecule has 0 aliphatic rings. The fourth-order valence-corrected chi connectivity index (χ4v) is 2.20. The number of carbonyl (C=O) groups is 2. The summed E-state index contributed by atoms with van der Waals surface area (Å²) in [4.78, 5) is 23.5. The van der Waals surface area contributed by atoms with Crippen molar-refractivity contribution in [1.82, 2.24) is 0 Å². The van der Waals surface area contributed by atoms with Crippen LogP contribution in [-0.4, -0.2) is 18.5 Å². The van der Waals surface area contributed by atoms with E-state index < -0.39 is 24.3 Å². The first-order chi connectivity index (χ1) is 11.0. The molecule has 2 aromatic rings. The van der Waals surface area contributed by atoms with Crippen LogP contribution >= 0.6 is 15.9 Å². The first-order valence-electron chi connectivity index (χ1n) is 6.42. The Morgan fingerprint density at radius 2 is 1.91 bits per heavy atom. The van der Waals surface area contributed by atoms with E-state index in [0.717, 1.165) is 12.1 Å². The Bertz CT molecular complexity index is 785. The van der Waals surface area contributed by atoms with E-state index in [9.17, 15) is 14.0 Å². The van der Waals surface area contributed by atoms with Gasteiger partial charge in [-0.1, -0.05) is 0 Å². The number of esters is 1. The second-order valence-electron chi connectivity index (χ2n) is 4.44. The molecule has 0 bridgehead atoms. The summed E-state index contributed by atoms with van der Waals surface area (Å²) in [6.07, 6.45) is 0. The van der Waals surface area contributed by atoms with E-state index in [1.807, 2.05) is 6.07 Å². The molecule has 0 spiro atoms. The van der Waals surface area contributed by atoms with Gasteiger partial charge in [-0.2, -0.15) is 5.26 Å². The van der Waals surface area contributed by atoms with Gasteiger partial charge in [-0.05, 0) is 58.4 Å². The lowest BCUT2D eigenvalue weighted by Gasteiger charge is -2.07. The van der Waals surface area contributed by atoms with Crippen molar-refractivity contribution >= 4 is 33.5 Å². The average Bonchev–Trinajstić information content (AvgIpc) is 2.53. The van der Waals surface area contributed by atoms with Gasteiger partial charge in [0.05, 0.1) is 17.2 Å². The van der Waals surface area contributed by atoms with Crippen LogP contribution in [0.1, 0.15) is 15.9 Å². The molecule has 0 aliphatic heterocycles. The molecule has 0 saturated carbocycles. The quantitative estimate of drug-likeness (QED) is 0.830. The predicted octanol–water partition coefficient (Wildman–Crippen LogP) is 3.26. The summed E-state index contributed by atoms with van der Waals surface area (Å²) in [5.41, 5.74) is 1.07. The zero-order valence-electron chi connectivity index (χ0n) is 11.7. The Balaban J connectivity index is 1.90. The molecular formula is C16H10BrFN2O3. The molecule has 0 heterocycles. The second-order valence-corrected chi connectivity index (χ2v) is 5.29. The molecule has 0 fully saturated rings. The van der Waals surface area contributed by atoms with Gasteiger partial charge < -0.3 is 10.1 Å². The van der Waals surface area contributed by atoms with Crippen molar-refractivity contribution < 1.29 is 18.7 Å². The van der Waals surface area contributed by atoms with Gasteiger partial charge >= 0.3 is 5.97 Å². The minimum absolute atomic E-state index is 0.123. The lowest BCUT2D eigenvalue weighted by Crippen LogP contribution is -2.21. The van der Waals surface area contributed by atoms with E-state index in [1.54, 1.807) is 24.3 Å². The molecule has 0 aromatic heterocycles. The Morgan fingerprint density at radius 1 is 1.22 bits per heavy atom. The molecule has 116 valence electrons. The van der Waals surface area contributed by atoms with Crippen LogP contribution < -0.4 is 5.32 Å². The van der Waals surface area contributed by atoms with E-state index in [1.165, 1.54) is 6.07 Å². The molecular weight excluding hydrogens is 367 g/mol. The molecule has 0 radical (unpaired) electrons. The predicted molar refractivity (Wildman–Crippen MR) is 84.2 cm³/mol. The number of ether oxygens (including phenoxy) is 1. The largest absolute Gasteiger partial charge is 0.452 e. The zero-order chi connectivity index (χ0) is 16.8. The molecule has 7 heteroatoms. The third-order valence-corrected chi connectivity index (χ3v) is 3.44. The van der Waals surface area contributed by atoms with E-state index in [-0.39, 0.29) is 10.0 Å². The fraction of sp³-hybridized carbons (Fsp3) is 0.0625. The number of amides is 1. The van der Waals surface area contributed by atoms with Gasteiger partial charge in [0.2, 0.25) is 0 Å². The van der Waals surface area contributed by atoms with Crippen LogP contribution in [0.15, 0.2) is 46.9 Å². The average molecular weight is 377 g/mol. The molecule has 1 N–H and O–H groups in total. The number of halogens is 2. The first kappa shape index (κ1) is 16.6. The monoisotopic (exact) mass is 376 g/mol. The van der Waals surface area contributed by atoms with Crippen LogP contribution in [0.5, 0.6) is 0 Å². The molecule has 5 nitrogen and oxygen atoms in total. The number of nitriles is 1. The second kappa shape index (κ2) is 7.51. The Hall–Kier alpha value is -2.72. The highest BCUT2D eigenvalue weighted by Crippen LogP contribution is 2.19. The summed E-state index contributed by atoms with van der Waals surface area (Å²) in [7, 11) is 0. The normalized spacial score (nSPS) is 9.78. The van der Waals surface area contributed by atoms with Crippen LogP contribution in [0.25, 0.3) is 0 Å². The smallest absolute Gasteiger partial charge is 0.339 e. The minimum Gasteiger partial charge on any atom is -0.452 e. The van der Waals surface area contributed by atoms with Crippen LogP contribution in [0, 0.1) is 17.1 Å². The number of hydrogen-bond acceptors (Lipinski definition) is 4. The molecule has 23 heavy (non-hydrogen) atoms. The standard InChI is InChI=1S/C16H10BrFN2O3/c17-14-7-11(18)3-6-13(14)16(22)23-9-15(21)20-12-4-1-10(8-19)2-5-12/h1-7H,9H2,(H,20,21). The van der Waals surface area contributed by atoms with Gasteiger partial charge in [-0.3, -0.25) is 4.79 Å². The van der Waals surface area contributed by atoms with Gasteiger partial charge in [0, 0.05) is 10.2 Å². The third kappa shape index (κ3) is 4.63. The van der Waals surface area contributed by atoms with Crippen molar-refractivity contribution in [2.45, 2.75) is 0 Å². The highest BCUT2D eigenvalue weighted by atomic mass is 79.9. The lowest BCUT2D eigenvalue weighted by atomic mass is 10.2. The summed E-state index contributed by atoms with van der Waals surface area (Å²) in [6, 6.07) is 11.7. The highest BCUT2D eigenvalue weighted by molar-refractivity contribution is 9.10. The van der Waals surface area contributed by atoms with E-state index in [4.69, 9.17) is 10.00 Å². The first-order valence-corrected chi connectivity index (χ1v) is 7.21. The Kier molecular flexibility index (Phi) is 5.44. The summed E-state index contributed by atoms with van der Waals surface area (Å²) >= 11 is 3.05. The summed E-state index contributed by atoms with van der Waals surface area (Å²) in [5.74, 6) is -1.76. The van der Waals surface area contributed by atoms with Gasteiger partial charge in [0.15, 0.2) is 6.61 Å². The molecule has 0 unspecified atom stereocenters. The molecule has 0 saturated heterocycles. The molecule has 1 amide bonds. The van der Waals surface area contributed by atoms with Gasteiger partial charge in [0.1, 0.15) is 5.82 Å². The van der Waals surface area contributed by atoms with Crippen molar-refractivity contribution in [3.63, 3.8) is 0 Å². The summed E-state index contributed by atoms with van der Waals surface area (Å²) in [5, 5.41) is 11.2. The van der Waals surface area contributed by atoms with Gasteiger partial charge in [-0.25, -0.2) is 9.18 Å². The van der Waals surface area contributed by atoms with E-state index in [0.29, 0.717) is 11.3 Å². The number of carbonyl (C=O) groups excluding carboxylic acids is 2. The van der Waals surface area contributed by atoms with Crippen LogP contribution in [0.4, 0.5) is 10.1 Å². The number of nitrogens with zero attached hydrogens (tertiary/aromatic N) is 1. The fourth-order valence-electron chi connectivity index (χ4n) is 1.69. The lowest BCUT2D eigenvalue weighted by molar-refractivity contribution is -0.119. The maximum absolute atomic E-state index is 13.0. The van der Waals surface area contributed by atoms with Gasteiger partial charge in [0.25, 0.3) is 5.91 Å². The van der Waals surface area contributed by atoms with Crippen LogP contribution in [0.2, 0.25) is 0 Å². The number of anilines is 1. The van der Waals surface area contributed by atoms with Gasteiger partial charge in [-0.15, -0.1) is 0 Å². The highest BCUT2D eigenvalue weighted by Gasteiger charge is 2.14. The maximum atomic E-state index is 13.0. The topological polar surface area (TPSA) is 79.2 Å². The Morgan fingerprint density at radius 3 is 2.52 bits per heavy atom. The van der Waals surface area contributed by atoms with Crippen molar-refractivity contribution in [2.24, 2.45) is 0 Å². The van der Waals surface area contributed by atoms with Crippen molar-refractivity contribution in [3.8, 4) is 6.07 Å². The van der Waals surface area contributed by atoms with Crippen LogP contribution in [-0.2, 0) is 9.53 Å². The van der Waals surface area contributed by atoms with Crippen molar-refractivity contribution in [1.29, 1.82) is 5.26 Å². The SMILES string of the molecule is N#Cc1ccc(NC(=O)COC(=O)c2ccc(F)cc2Br)cc1. The zero-order valence-corrected chi connectivity index (χ0v) is 13.3. The summed E-state index contributed by atoms with van der Waals surface area (Å²) in [6.45, 7) is -0.483. The number of hydrogen-bond donors (Lipinski definition) is 1. The van der Waals surface area contributed by atoms with E-state index in [2.05, 4.69) is 21.2 Å². The maximum Gasteiger partial charge on any atom is 0.339 e. The number of benzene rings is 2. The third-order valence-electron chi connectivity index (χ3n) is 2.78. The molecule has 2 aromatic carbocycles. The Labute approximate surface area is 139 Å². The van der Waals surface area contributed by atoms with Crippen LogP contribution in [0.3, 0.4) is 0 Å².